The number of anilines is 1. The molecule has 0 radical (unpaired) electrons. The average Bonchev–Trinajstić information content (AvgIpc) is 2.72. The molecule has 0 bridgehead atoms. The summed E-state index contributed by atoms with van der Waals surface area (Å²) in [5, 5.41) is 6.13. The highest BCUT2D eigenvalue weighted by Crippen LogP contribution is 2.21. The summed E-state index contributed by atoms with van der Waals surface area (Å²) in [6, 6.07) is 0. The van der Waals surface area contributed by atoms with Gasteiger partial charge in [-0.3, -0.25) is 0 Å². The molecule has 15 heavy (non-hydrogen) atoms. The van der Waals surface area contributed by atoms with Crippen LogP contribution >= 0.6 is 11.3 Å². The standard InChI is InChI=1S/C8H11N5OS/c1-13(2)3-6-11-7(14-12-6)5-4-15-8(9)10-5/h4H,3H2,1-2H3,(H2,9,10). The maximum Gasteiger partial charge on any atom is 0.277 e. The van der Waals surface area contributed by atoms with Crippen LogP contribution in [0.25, 0.3) is 11.6 Å². The van der Waals surface area contributed by atoms with Gasteiger partial charge in [0.1, 0.15) is 5.69 Å². The van der Waals surface area contributed by atoms with Crippen molar-refractivity contribution in [2.24, 2.45) is 0 Å². The fraction of sp³-hybridized carbons (Fsp3) is 0.375. The molecule has 0 aliphatic heterocycles. The molecule has 0 atom stereocenters. The second kappa shape index (κ2) is 3.95. The molecule has 0 saturated carbocycles. The first-order valence-electron chi connectivity index (χ1n) is 4.34. The Hall–Kier alpha value is -1.47. The molecule has 0 aromatic carbocycles. The molecule has 2 N–H and O–H groups in total. The summed E-state index contributed by atoms with van der Waals surface area (Å²) in [6.45, 7) is 0.642. The summed E-state index contributed by atoms with van der Waals surface area (Å²) >= 11 is 1.35. The van der Waals surface area contributed by atoms with Crippen LogP contribution < -0.4 is 5.73 Å². The molecule has 0 saturated heterocycles. The topological polar surface area (TPSA) is 81.1 Å². The maximum atomic E-state index is 5.51. The Kier molecular flexibility index (Phi) is 2.65. The van der Waals surface area contributed by atoms with Crippen LogP contribution in [0.15, 0.2) is 9.90 Å². The van der Waals surface area contributed by atoms with Crippen molar-refractivity contribution >= 4 is 16.5 Å². The van der Waals surface area contributed by atoms with Crippen LogP contribution in [-0.4, -0.2) is 34.1 Å². The number of nitrogens with zero attached hydrogens (tertiary/aromatic N) is 4. The summed E-state index contributed by atoms with van der Waals surface area (Å²) in [5.41, 5.74) is 6.15. The zero-order chi connectivity index (χ0) is 10.8. The molecule has 0 spiro atoms. The highest BCUT2D eigenvalue weighted by Gasteiger charge is 2.11. The van der Waals surface area contributed by atoms with Crippen LogP contribution in [0.4, 0.5) is 5.13 Å². The lowest BCUT2D eigenvalue weighted by atomic mass is 10.5. The molecule has 2 aromatic heterocycles. The van der Waals surface area contributed by atoms with Gasteiger partial charge in [-0.2, -0.15) is 4.98 Å². The van der Waals surface area contributed by atoms with Gasteiger partial charge in [0.25, 0.3) is 5.89 Å². The van der Waals surface area contributed by atoms with Gasteiger partial charge < -0.3 is 15.2 Å². The first-order chi connectivity index (χ1) is 7.15. The second-order valence-corrected chi connectivity index (χ2v) is 4.21. The summed E-state index contributed by atoms with van der Waals surface area (Å²) < 4.78 is 5.07. The Labute approximate surface area is 90.7 Å². The molecule has 2 aromatic rings. The quantitative estimate of drug-likeness (QED) is 0.833. The summed E-state index contributed by atoms with van der Waals surface area (Å²) in [6.07, 6.45) is 0. The minimum atomic E-state index is 0.416. The largest absolute Gasteiger partial charge is 0.375 e. The molecule has 0 unspecified atom stereocenters. The van der Waals surface area contributed by atoms with Crippen LogP contribution in [0.2, 0.25) is 0 Å². The van der Waals surface area contributed by atoms with E-state index in [0.717, 1.165) is 0 Å². The highest BCUT2D eigenvalue weighted by molar-refractivity contribution is 7.13. The molecule has 2 heterocycles. The number of aromatic nitrogens is 3. The van der Waals surface area contributed by atoms with Crippen LogP contribution in [0.5, 0.6) is 0 Å². The fourth-order valence-electron chi connectivity index (χ4n) is 1.09. The smallest absolute Gasteiger partial charge is 0.277 e. The van der Waals surface area contributed by atoms with E-state index in [4.69, 9.17) is 10.3 Å². The van der Waals surface area contributed by atoms with E-state index in [2.05, 4.69) is 15.1 Å². The zero-order valence-electron chi connectivity index (χ0n) is 8.47. The summed E-state index contributed by atoms with van der Waals surface area (Å²) in [7, 11) is 3.88. The van der Waals surface area contributed by atoms with E-state index in [1.807, 2.05) is 19.0 Å². The molecular weight excluding hydrogens is 214 g/mol. The number of nitrogens with two attached hydrogens (primary N) is 1. The molecular formula is C8H11N5OS. The number of hydrogen-bond acceptors (Lipinski definition) is 7. The van der Waals surface area contributed by atoms with E-state index in [1.54, 1.807) is 5.38 Å². The van der Waals surface area contributed by atoms with Crippen LogP contribution in [0.3, 0.4) is 0 Å². The predicted octanol–water partition coefficient (Wildman–Crippen LogP) is 0.837. The van der Waals surface area contributed by atoms with Gasteiger partial charge in [-0.25, -0.2) is 4.98 Å². The van der Waals surface area contributed by atoms with Gasteiger partial charge in [0, 0.05) is 5.38 Å². The normalized spacial score (nSPS) is 11.1. The van der Waals surface area contributed by atoms with Crippen molar-refractivity contribution in [1.29, 1.82) is 0 Å². The third-order valence-electron chi connectivity index (χ3n) is 1.67. The third-order valence-corrected chi connectivity index (χ3v) is 2.34. The van der Waals surface area contributed by atoms with Gasteiger partial charge in [0.2, 0.25) is 0 Å². The minimum absolute atomic E-state index is 0.416. The van der Waals surface area contributed by atoms with E-state index in [0.29, 0.717) is 29.1 Å². The highest BCUT2D eigenvalue weighted by atomic mass is 32.1. The Bertz CT molecular complexity index is 449. The Morgan fingerprint density at radius 3 is 2.87 bits per heavy atom. The van der Waals surface area contributed by atoms with Gasteiger partial charge in [-0.1, -0.05) is 5.16 Å². The van der Waals surface area contributed by atoms with E-state index >= 15 is 0 Å². The SMILES string of the molecule is CN(C)Cc1noc(-c2csc(N)n2)n1. The Morgan fingerprint density at radius 1 is 1.47 bits per heavy atom. The number of nitrogen functional groups attached to an aromatic ring is 1. The number of rotatable bonds is 3. The van der Waals surface area contributed by atoms with Gasteiger partial charge >= 0.3 is 0 Å². The molecule has 80 valence electrons. The van der Waals surface area contributed by atoms with Crippen molar-refractivity contribution in [1.82, 2.24) is 20.0 Å². The zero-order valence-corrected chi connectivity index (χ0v) is 9.28. The Balaban J connectivity index is 2.20. The van der Waals surface area contributed by atoms with Crippen molar-refractivity contribution in [3.8, 4) is 11.6 Å². The van der Waals surface area contributed by atoms with Crippen molar-refractivity contribution in [3.63, 3.8) is 0 Å². The maximum absolute atomic E-state index is 5.51. The van der Waals surface area contributed by atoms with Crippen LogP contribution in [0, 0.1) is 0 Å². The van der Waals surface area contributed by atoms with E-state index in [1.165, 1.54) is 11.3 Å². The van der Waals surface area contributed by atoms with Crippen molar-refractivity contribution < 1.29 is 4.52 Å². The minimum Gasteiger partial charge on any atom is -0.375 e. The molecule has 0 amide bonds. The fourth-order valence-corrected chi connectivity index (χ4v) is 1.63. The predicted molar refractivity (Wildman–Crippen MR) is 57.2 cm³/mol. The average molecular weight is 225 g/mol. The second-order valence-electron chi connectivity index (χ2n) is 3.32. The van der Waals surface area contributed by atoms with Gasteiger partial charge in [-0.15, -0.1) is 11.3 Å². The van der Waals surface area contributed by atoms with E-state index < -0.39 is 0 Å². The first-order valence-corrected chi connectivity index (χ1v) is 5.22. The lowest BCUT2D eigenvalue weighted by molar-refractivity contribution is 0.365. The lowest BCUT2D eigenvalue weighted by Crippen LogP contribution is -2.11. The molecule has 2 rings (SSSR count). The summed E-state index contributed by atoms with van der Waals surface area (Å²) in [5.74, 6) is 1.06. The van der Waals surface area contributed by atoms with Crippen LogP contribution in [0.1, 0.15) is 5.82 Å². The van der Waals surface area contributed by atoms with Crippen molar-refractivity contribution in [2.75, 3.05) is 19.8 Å². The lowest BCUT2D eigenvalue weighted by Gasteiger charge is -2.03. The van der Waals surface area contributed by atoms with E-state index in [-0.39, 0.29) is 0 Å². The number of thiazole rings is 1. The molecule has 0 fully saturated rings. The van der Waals surface area contributed by atoms with Gasteiger partial charge in [0.05, 0.1) is 6.54 Å². The Morgan fingerprint density at radius 2 is 2.27 bits per heavy atom. The monoisotopic (exact) mass is 225 g/mol. The molecule has 7 heteroatoms. The van der Waals surface area contributed by atoms with Crippen LogP contribution in [-0.2, 0) is 6.54 Å². The van der Waals surface area contributed by atoms with Crippen molar-refractivity contribution in [3.05, 3.63) is 11.2 Å². The van der Waals surface area contributed by atoms with Gasteiger partial charge in [0.15, 0.2) is 11.0 Å². The molecule has 0 aliphatic rings. The summed E-state index contributed by atoms with van der Waals surface area (Å²) in [4.78, 5) is 10.2. The number of hydrogen-bond donors (Lipinski definition) is 1. The van der Waals surface area contributed by atoms with E-state index in [9.17, 15) is 0 Å². The van der Waals surface area contributed by atoms with Crippen molar-refractivity contribution in [2.45, 2.75) is 6.54 Å². The van der Waals surface area contributed by atoms with Gasteiger partial charge in [-0.05, 0) is 14.1 Å². The molecule has 6 nitrogen and oxygen atoms in total. The molecule has 0 aliphatic carbocycles. The third kappa shape index (κ3) is 2.31. The first kappa shape index (κ1) is 10.1.